The van der Waals surface area contributed by atoms with Gasteiger partial charge in [-0.1, -0.05) is 30.3 Å². The number of nitrogens with zero attached hydrogens (tertiary/aromatic N) is 1. The Balaban J connectivity index is 1.34. The van der Waals surface area contributed by atoms with Crippen LogP contribution >= 0.6 is 0 Å². The summed E-state index contributed by atoms with van der Waals surface area (Å²) in [6.07, 6.45) is 1.24. The Hall–Kier alpha value is -2.89. The SMILES string of the molecule is O=C(CNC(=O)Cc1ccccc1)NC[C@@H]1CCN(c2ccc(F)cc2)C1. The maximum absolute atomic E-state index is 13.0. The van der Waals surface area contributed by atoms with E-state index < -0.39 is 0 Å². The van der Waals surface area contributed by atoms with Crippen LogP contribution in [0, 0.1) is 11.7 Å². The minimum Gasteiger partial charge on any atom is -0.371 e. The molecule has 0 spiro atoms. The summed E-state index contributed by atoms with van der Waals surface area (Å²) in [5.41, 5.74) is 1.92. The van der Waals surface area contributed by atoms with Gasteiger partial charge in [-0.3, -0.25) is 9.59 Å². The van der Waals surface area contributed by atoms with E-state index in [0.717, 1.165) is 30.8 Å². The Morgan fingerprint density at radius 2 is 1.74 bits per heavy atom. The number of nitrogens with one attached hydrogen (secondary N) is 2. The Morgan fingerprint density at radius 3 is 2.48 bits per heavy atom. The predicted octanol–water partition coefficient (Wildman–Crippen LogP) is 2.13. The van der Waals surface area contributed by atoms with Crippen LogP contribution in [0.1, 0.15) is 12.0 Å². The fraction of sp³-hybridized carbons (Fsp3) is 0.333. The smallest absolute Gasteiger partial charge is 0.239 e. The zero-order valence-corrected chi connectivity index (χ0v) is 15.2. The molecule has 1 aliphatic heterocycles. The summed E-state index contributed by atoms with van der Waals surface area (Å²) in [6.45, 7) is 2.28. The number of carbonyl (C=O) groups is 2. The largest absolute Gasteiger partial charge is 0.371 e. The highest BCUT2D eigenvalue weighted by Crippen LogP contribution is 2.23. The molecule has 2 aromatic carbocycles. The second-order valence-electron chi connectivity index (χ2n) is 6.82. The molecule has 6 heteroatoms. The number of rotatable bonds is 7. The summed E-state index contributed by atoms with van der Waals surface area (Å²) >= 11 is 0. The molecule has 2 aromatic rings. The van der Waals surface area contributed by atoms with Crippen molar-refractivity contribution < 1.29 is 14.0 Å². The van der Waals surface area contributed by atoms with Gasteiger partial charge in [0.2, 0.25) is 11.8 Å². The van der Waals surface area contributed by atoms with Crippen molar-refractivity contribution in [3.05, 3.63) is 66.0 Å². The van der Waals surface area contributed by atoms with E-state index in [4.69, 9.17) is 0 Å². The lowest BCUT2D eigenvalue weighted by Gasteiger charge is -2.18. The molecule has 2 N–H and O–H groups in total. The molecule has 0 unspecified atom stereocenters. The highest BCUT2D eigenvalue weighted by Gasteiger charge is 2.23. The first-order valence-electron chi connectivity index (χ1n) is 9.18. The molecule has 3 rings (SSSR count). The maximum atomic E-state index is 13.0. The van der Waals surface area contributed by atoms with Crippen molar-refractivity contribution in [2.75, 3.05) is 31.1 Å². The number of carbonyl (C=O) groups excluding carboxylic acids is 2. The predicted molar refractivity (Wildman–Crippen MR) is 103 cm³/mol. The number of hydrogen-bond acceptors (Lipinski definition) is 3. The monoisotopic (exact) mass is 369 g/mol. The van der Waals surface area contributed by atoms with Gasteiger partial charge in [0.15, 0.2) is 0 Å². The van der Waals surface area contributed by atoms with E-state index in [9.17, 15) is 14.0 Å². The van der Waals surface area contributed by atoms with Crippen LogP contribution in [-0.4, -0.2) is 38.0 Å². The minimum atomic E-state index is -0.240. The highest BCUT2D eigenvalue weighted by atomic mass is 19.1. The van der Waals surface area contributed by atoms with Crippen LogP contribution in [0.2, 0.25) is 0 Å². The van der Waals surface area contributed by atoms with E-state index in [1.54, 1.807) is 12.1 Å². The Bertz CT molecular complexity index is 765. The average Bonchev–Trinajstić information content (AvgIpc) is 3.15. The zero-order chi connectivity index (χ0) is 19.1. The van der Waals surface area contributed by atoms with Gasteiger partial charge in [0.05, 0.1) is 13.0 Å². The minimum absolute atomic E-state index is 0.0138. The molecule has 0 saturated carbocycles. The quantitative estimate of drug-likeness (QED) is 0.786. The molecule has 1 atom stereocenters. The molecule has 1 aliphatic rings. The van der Waals surface area contributed by atoms with Gasteiger partial charge < -0.3 is 15.5 Å². The lowest BCUT2D eigenvalue weighted by atomic mass is 10.1. The van der Waals surface area contributed by atoms with E-state index in [1.165, 1.54) is 12.1 Å². The molecule has 0 aliphatic carbocycles. The van der Waals surface area contributed by atoms with Crippen molar-refractivity contribution in [3.63, 3.8) is 0 Å². The first kappa shape index (κ1) is 18.9. The third-order valence-corrected chi connectivity index (χ3v) is 4.72. The van der Waals surface area contributed by atoms with Gasteiger partial charge in [-0.05, 0) is 42.2 Å². The molecule has 5 nitrogen and oxygen atoms in total. The van der Waals surface area contributed by atoms with E-state index in [0.29, 0.717) is 12.5 Å². The molecule has 2 amide bonds. The standard InChI is InChI=1S/C21H24FN3O2/c22-18-6-8-19(9-7-18)25-11-10-17(15-25)13-23-21(27)14-24-20(26)12-16-4-2-1-3-5-16/h1-9,17H,10-15H2,(H,23,27)(H,24,26)/t17-/m0/s1. The lowest BCUT2D eigenvalue weighted by Crippen LogP contribution is -2.39. The molecule has 1 heterocycles. The van der Waals surface area contributed by atoms with Crippen LogP contribution in [0.3, 0.4) is 0 Å². The van der Waals surface area contributed by atoms with Gasteiger partial charge >= 0.3 is 0 Å². The summed E-state index contributed by atoms with van der Waals surface area (Å²) in [7, 11) is 0. The lowest BCUT2D eigenvalue weighted by molar-refractivity contribution is -0.125. The van der Waals surface area contributed by atoms with Crippen LogP contribution in [-0.2, 0) is 16.0 Å². The van der Waals surface area contributed by atoms with Gasteiger partial charge in [0.25, 0.3) is 0 Å². The van der Waals surface area contributed by atoms with Crippen LogP contribution < -0.4 is 15.5 Å². The normalized spacial score (nSPS) is 16.2. The number of benzene rings is 2. The number of anilines is 1. The molecule has 0 aromatic heterocycles. The second kappa shape index (κ2) is 9.16. The maximum Gasteiger partial charge on any atom is 0.239 e. The summed E-state index contributed by atoms with van der Waals surface area (Å²) in [5.74, 6) is -0.244. The topological polar surface area (TPSA) is 61.4 Å². The van der Waals surface area contributed by atoms with E-state index >= 15 is 0 Å². The molecule has 1 fully saturated rings. The average molecular weight is 369 g/mol. The molecule has 142 valence electrons. The van der Waals surface area contributed by atoms with Gasteiger partial charge in [0.1, 0.15) is 5.82 Å². The number of amides is 2. The van der Waals surface area contributed by atoms with Gasteiger partial charge in [-0.2, -0.15) is 0 Å². The number of halogens is 1. The Kier molecular flexibility index (Phi) is 6.41. The van der Waals surface area contributed by atoms with Crippen LogP contribution in [0.15, 0.2) is 54.6 Å². The summed E-state index contributed by atoms with van der Waals surface area (Å²) in [4.78, 5) is 26.0. The first-order valence-corrected chi connectivity index (χ1v) is 9.18. The van der Waals surface area contributed by atoms with Crippen molar-refractivity contribution in [2.45, 2.75) is 12.8 Å². The zero-order valence-electron chi connectivity index (χ0n) is 15.2. The van der Waals surface area contributed by atoms with Crippen LogP contribution in [0.25, 0.3) is 0 Å². The molecular formula is C21H24FN3O2. The van der Waals surface area contributed by atoms with Crippen molar-refractivity contribution in [2.24, 2.45) is 5.92 Å². The Morgan fingerprint density at radius 1 is 1.00 bits per heavy atom. The number of hydrogen-bond donors (Lipinski definition) is 2. The van der Waals surface area contributed by atoms with E-state index in [2.05, 4.69) is 15.5 Å². The summed E-state index contributed by atoms with van der Waals surface area (Å²) in [5, 5.41) is 5.53. The first-order chi connectivity index (χ1) is 13.1. The van der Waals surface area contributed by atoms with Gasteiger partial charge in [-0.25, -0.2) is 4.39 Å². The summed E-state index contributed by atoms with van der Waals surface area (Å²) in [6, 6.07) is 15.9. The van der Waals surface area contributed by atoms with Crippen molar-refractivity contribution in [1.82, 2.24) is 10.6 Å². The van der Waals surface area contributed by atoms with Gasteiger partial charge in [-0.15, -0.1) is 0 Å². The van der Waals surface area contributed by atoms with Gasteiger partial charge in [0, 0.05) is 25.3 Å². The fourth-order valence-corrected chi connectivity index (χ4v) is 3.23. The van der Waals surface area contributed by atoms with Crippen molar-refractivity contribution in [1.29, 1.82) is 0 Å². The molecule has 0 bridgehead atoms. The third kappa shape index (κ3) is 5.81. The van der Waals surface area contributed by atoms with E-state index in [-0.39, 0.29) is 30.6 Å². The highest BCUT2D eigenvalue weighted by molar-refractivity contribution is 5.85. The van der Waals surface area contributed by atoms with Crippen LogP contribution in [0.4, 0.5) is 10.1 Å². The second-order valence-corrected chi connectivity index (χ2v) is 6.82. The van der Waals surface area contributed by atoms with E-state index in [1.807, 2.05) is 30.3 Å². The van der Waals surface area contributed by atoms with Crippen molar-refractivity contribution in [3.8, 4) is 0 Å². The Labute approximate surface area is 158 Å². The van der Waals surface area contributed by atoms with Crippen LogP contribution in [0.5, 0.6) is 0 Å². The van der Waals surface area contributed by atoms with Crippen molar-refractivity contribution >= 4 is 17.5 Å². The summed E-state index contributed by atoms with van der Waals surface area (Å²) < 4.78 is 13.0. The molecular weight excluding hydrogens is 345 g/mol. The fourth-order valence-electron chi connectivity index (χ4n) is 3.23. The molecule has 0 radical (unpaired) electrons. The molecule has 27 heavy (non-hydrogen) atoms. The molecule has 1 saturated heterocycles. The third-order valence-electron chi connectivity index (χ3n) is 4.72.